The smallest absolute Gasteiger partial charge is 0.0991 e. The molecule has 21 heavy (non-hydrogen) atoms. The molecule has 0 amide bonds. The van der Waals surface area contributed by atoms with Gasteiger partial charge in [-0.25, -0.2) is 0 Å². The highest BCUT2D eigenvalue weighted by molar-refractivity contribution is 7.09. The molecule has 108 valence electrons. The van der Waals surface area contributed by atoms with Gasteiger partial charge in [-0.05, 0) is 42.0 Å². The molecule has 1 saturated carbocycles. The molecule has 0 radical (unpaired) electrons. The van der Waals surface area contributed by atoms with E-state index < -0.39 is 6.10 Å². The van der Waals surface area contributed by atoms with Crippen molar-refractivity contribution in [3.63, 3.8) is 0 Å². The molecule has 0 aliphatic heterocycles. The lowest BCUT2D eigenvalue weighted by Gasteiger charge is -2.24. The molecule has 1 aromatic heterocycles. The van der Waals surface area contributed by atoms with Crippen LogP contribution in [0.3, 0.4) is 0 Å². The third-order valence-electron chi connectivity index (χ3n) is 3.83. The first kappa shape index (κ1) is 14.3. The lowest BCUT2D eigenvalue weighted by atomic mass is 10.1. The van der Waals surface area contributed by atoms with Gasteiger partial charge in [-0.2, -0.15) is 5.26 Å². The summed E-state index contributed by atoms with van der Waals surface area (Å²) in [4.78, 5) is 3.71. The van der Waals surface area contributed by atoms with Crippen LogP contribution in [0.5, 0.6) is 0 Å². The van der Waals surface area contributed by atoms with Gasteiger partial charge >= 0.3 is 0 Å². The van der Waals surface area contributed by atoms with Gasteiger partial charge in [-0.1, -0.05) is 18.2 Å². The molecule has 4 heteroatoms. The van der Waals surface area contributed by atoms with Gasteiger partial charge < -0.3 is 5.11 Å². The van der Waals surface area contributed by atoms with E-state index in [0.29, 0.717) is 18.2 Å². The monoisotopic (exact) mass is 298 g/mol. The molecule has 0 spiro atoms. The summed E-state index contributed by atoms with van der Waals surface area (Å²) in [7, 11) is 0. The van der Waals surface area contributed by atoms with Crippen molar-refractivity contribution in [2.45, 2.75) is 31.5 Å². The maximum absolute atomic E-state index is 10.4. The molecule has 1 heterocycles. The Balaban J connectivity index is 1.65. The van der Waals surface area contributed by atoms with Crippen molar-refractivity contribution in [2.75, 3.05) is 6.54 Å². The Labute approximate surface area is 129 Å². The van der Waals surface area contributed by atoms with Gasteiger partial charge in [0.1, 0.15) is 0 Å². The molecule has 1 aromatic carbocycles. The van der Waals surface area contributed by atoms with Crippen LogP contribution < -0.4 is 0 Å². The van der Waals surface area contributed by atoms with Crippen molar-refractivity contribution >= 4 is 11.3 Å². The zero-order valence-corrected chi connectivity index (χ0v) is 12.6. The highest BCUT2D eigenvalue weighted by Gasteiger charge is 2.30. The standard InChI is InChI=1S/C17H18N2OS/c18-10-13-3-5-14(6-4-13)17(20)12-19(15-7-8-15)11-16-2-1-9-21-16/h1-6,9,15,17,20H,7-8,11-12H2. The Kier molecular flexibility index (Phi) is 4.35. The Hall–Kier alpha value is -1.67. The minimum atomic E-state index is -0.502. The molecule has 1 aliphatic rings. The summed E-state index contributed by atoms with van der Waals surface area (Å²) in [6.07, 6.45) is 1.95. The number of rotatable bonds is 6. The van der Waals surface area contributed by atoms with Crippen LogP contribution in [-0.4, -0.2) is 22.6 Å². The van der Waals surface area contributed by atoms with Crippen molar-refractivity contribution in [1.82, 2.24) is 4.90 Å². The normalized spacial score (nSPS) is 15.9. The van der Waals surface area contributed by atoms with Gasteiger partial charge in [0.15, 0.2) is 0 Å². The lowest BCUT2D eigenvalue weighted by Crippen LogP contribution is -2.30. The number of hydrogen-bond acceptors (Lipinski definition) is 4. The first-order valence-electron chi connectivity index (χ1n) is 7.21. The SMILES string of the molecule is N#Cc1ccc(C(O)CN(Cc2cccs2)C2CC2)cc1. The first-order valence-corrected chi connectivity index (χ1v) is 8.09. The fraction of sp³-hybridized carbons (Fsp3) is 0.353. The summed E-state index contributed by atoms with van der Waals surface area (Å²) in [6.45, 7) is 1.56. The molecule has 1 aliphatic carbocycles. The van der Waals surface area contributed by atoms with Crippen LogP contribution in [0.1, 0.15) is 34.9 Å². The predicted octanol–water partition coefficient (Wildman–Crippen LogP) is 3.32. The molecule has 3 nitrogen and oxygen atoms in total. The van der Waals surface area contributed by atoms with Crippen LogP contribution in [0.4, 0.5) is 0 Å². The van der Waals surface area contributed by atoms with Gasteiger partial charge in [0.2, 0.25) is 0 Å². The van der Waals surface area contributed by atoms with Crippen molar-refractivity contribution in [2.24, 2.45) is 0 Å². The fourth-order valence-corrected chi connectivity index (χ4v) is 3.22. The van der Waals surface area contributed by atoms with Crippen LogP contribution in [0.25, 0.3) is 0 Å². The third-order valence-corrected chi connectivity index (χ3v) is 4.70. The Morgan fingerprint density at radius 1 is 1.29 bits per heavy atom. The zero-order valence-electron chi connectivity index (χ0n) is 11.8. The van der Waals surface area contributed by atoms with Gasteiger partial charge in [-0.15, -0.1) is 11.3 Å². The van der Waals surface area contributed by atoms with Crippen molar-refractivity contribution in [3.8, 4) is 6.07 Å². The number of hydrogen-bond donors (Lipinski definition) is 1. The van der Waals surface area contributed by atoms with E-state index in [-0.39, 0.29) is 0 Å². The highest BCUT2D eigenvalue weighted by Crippen LogP contribution is 2.31. The van der Waals surface area contributed by atoms with Gasteiger partial charge in [-0.3, -0.25) is 4.90 Å². The summed E-state index contributed by atoms with van der Waals surface area (Å²) in [6, 6.07) is 14.2. The molecular weight excluding hydrogens is 280 g/mol. The molecule has 0 saturated heterocycles. The van der Waals surface area contributed by atoms with Crippen LogP contribution >= 0.6 is 11.3 Å². The average molecular weight is 298 g/mol. The summed E-state index contributed by atoms with van der Waals surface area (Å²) in [5.41, 5.74) is 1.51. The van der Waals surface area contributed by atoms with E-state index in [2.05, 4.69) is 28.5 Å². The van der Waals surface area contributed by atoms with Crippen molar-refractivity contribution in [1.29, 1.82) is 5.26 Å². The van der Waals surface area contributed by atoms with Crippen molar-refractivity contribution < 1.29 is 5.11 Å². The van der Waals surface area contributed by atoms with E-state index in [9.17, 15) is 5.11 Å². The van der Waals surface area contributed by atoms with Crippen LogP contribution in [0, 0.1) is 11.3 Å². The maximum Gasteiger partial charge on any atom is 0.0991 e. The second-order valence-electron chi connectivity index (χ2n) is 5.49. The second-order valence-corrected chi connectivity index (χ2v) is 6.52. The minimum absolute atomic E-state index is 0.502. The topological polar surface area (TPSA) is 47.3 Å². The van der Waals surface area contributed by atoms with E-state index in [1.807, 2.05) is 12.1 Å². The number of benzene rings is 1. The summed E-state index contributed by atoms with van der Waals surface area (Å²) >= 11 is 1.76. The maximum atomic E-state index is 10.4. The van der Waals surface area contributed by atoms with Crippen LogP contribution in [-0.2, 0) is 6.54 Å². The molecular formula is C17H18N2OS. The average Bonchev–Trinajstić information content (AvgIpc) is 3.24. The van der Waals surface area contributed by atoms with Gasteiger partial charge in [0.25, 0.3) is 0 Å². The highest BCUT2D eigenvalue weighted by atomic mass is 32.1. The van der Waals surface area contributed by atoms with Crippen LogP contribution in [0.15, 0.2) is 41.8 Å². The van der Waals surface area contributed by atoms with E-state index >= 15 is 0 Å². The van der Waals surface area contributed by atoms with Crippen molar-refractivity contribution in [3.05, 3.63) is 57.8 Å². The van der Waals surface area contributed by atoms with Gasteiger partial charge in [0.05, 0.1) is 17.7 Å². The zero-order chi connectivity index (χ0) is 14.7. The number of nitriles is 1. The van der Waals surface area contributed by atoms with E-state index in [1.165, 1.54) is 17.7 Å². The van der Waals surface area contributed by atoms with Gasteiger partial charge in [0, 0.05) is 24.0 Å². The Bertz CT molecular complexity index is 611. The number of aliphatic hydroxyl groups is 1. The second kappa shape index (κ2) is 6.40. The summed E-state index contributed by atoms with van der Waals surface area (Å²) < 4.78 is 0. The molecule has 1 fully saturated rings. The molecule has 1 unspecified atom stereocenters. The molecule has 0 bridgehead atoms. The Morgan fingerprint density at radius 3 is 2.62 bits per heavy atom. The predicted molar refractivity (Wildman–Crippen MR) is 83.9 cm³/mol. The molecule has 1 atom stereocenters. The lowest BCUT2D eigenvalue weighted by molar-refractivity contribution is 0.105. The number of nitrogens with zero attached hydrogens (tertiary/aromatic N) is 2. The first-order chi connectivity index (χ1) is 10.3. The van der Waals surface area contributed by atoms with E-state index in [1.54, 1.807) is 23.5 Å². The quantitative estimate of drug-likeness (QED) is 0.890. The molecule has 2 aromatic rings. The Morgan fingerprint density at radius 2 is 2.05 bits per heavy atom. The molecule has 1 N–H and O–H groups in total. The van der Waals surface area contributed by atoms with E-state index in [0.717, 1.165) is 12.1 Å². The largest absolute Gasteiger partial charge is 0.387 e. The number of aliphatic hydroxyl groups excluding tert-OH is 1. The number of thiophene rings is 1. The minimum Gasteiger partial charge on any atom is -0.387 e. The fourth-order valence-electron chi connectivity index (χ4n) is 2.49. The molecule has 3 rings (SSSR count). The van der Waals surface area contributed by atoms with E-state index in [4.69, 9.17) is 5.26 Å². The summed E-state index contributed by atoms with van der Waals surface area (Å²) in [5.74, 6) is 0. The van der Waals surface area contributed by atoms with Crippen LogP contribution in [0.2, 0.25) is 0 Å². The summed E-state index contributed by atoms with van der Waals surface area (Å²) in [5, 5.41) is 21.4. The third kappa shape index (κ3) is 3.70.